The fraction of sp³-hybridized carbons (Fsp3) is 0.261. The standard InChI is InChI=1S/C23H26FN7/c1-3-25-23(27-9-8-18-15-28-21-12-19(24)5-6-20(18)21)30-14-17-4-7-22(29-13-17)31-11-10-26-16(31)2/h4-7,10-13,15,28H,3,8-9,14H2,1-2H3,(H2,25,27,30). The topological polar surface area (TPSA) is 82.9 Å². The molecule has 7 nitrogen and oxygen atoms in total. The SMILES string of the molecule is CCNC(=NCc1ccc(-n2ccnc2C)nc1)NCCc1c[nH]c2cc(F)ccc12. The van der Waals surface area contributed by atoms with E-state index in [1.165, 1.54) is 12.1 Å². The van der Waals surface area contributed by atoms with Gasteiger partial charge in [0.1, 0.15) is 17.5 Å². The number of hydrogen-bond acceptors (Lipinski definition) is 3. The Bertz CT molecular complexity index is 1170. The highest BCUT2D eigenvalue weighted by molar-refractivity contribution is 5.83. The summed E-state index contributed by atoms with van der Waals surface area (Å²) in [5, 5.41) is 7.68. The Morgan fingerprint density at radius 1 is 1.19 bits per heavy atom. The van der Waals surface area contributed by atoms with E-state index < -0.39 is 0 Å². The molecule has 0 bridgehead atoms. The molecule has 160 valence electrons. The van der Waals surface area contributed by atoms with Gasteiger partial charge in [-0.2, -0.15) is 0 Å². The number of rotatable bonds is 7. The smallest absolute Gasteiger partial charge is 0.191 e. The number of halogens is 1. The van der Waals surface area contributed by atoms with E-state index in [9.17, 15) is 4.39 Å². The van der Waals surface area contributed by atoms with Crippen molar-refractivity contribution >= 4 is 16.9 Å². The highest BCUT2D eigenvalue weighted by Gasteiger charge is 2.06. The number of nitrogens with one attached hydrogen (secondary N) is 3. The van der Waals surface area contributed by atoms with Crippen LogP contribution in [0.3, 0.4) is 0 Å². The average Bonchev–Trinajstić information content (AvgIpc) is 3.38. The molecule has 1 aromatic carbocycles. The van der Waals surface area contributed by atoms with Crippen molar-refractivity contribution in [3.05, 3.63) is 77.9 Å². The number of aliphatic imine (C=N–C) groups is 1. The molecular weight excluding hydrogens is 393 g/mol. The Morgan fingerprint density at radius 2 is 2.10 bits per heavy atom. The Balaban J connectivity index is 1.36. The highest BCUT2D eigenvalue weighted by Crippen LogP contribution is 2.19. The Labute approximate surface area is 180 Å². The summed E-state index contributed by atoms with van der Waals surface area (Å²) in [6.07, 6.45) is 8.24. The lowest BCUT2D eigenvalue weighted by atomic mass is 10.1. The summed E-state index contributed by atoms with van der Waals surface area (Å²) < 4.78 is 15.3. The minimum atomic E-state index is -0.233. The molecule has 3 N–H and O–H groups in total. The van der Waals surface area contributed by atoms with E-state index in [1.54, 1.807) is 6.20 Å². The largest absolute Gasteiger partial charge is 0.361 e. The summed E-state index contributed by atoms with van der Waals surface area (Å²) in [5.74, 6) is 2.26. The molecule has 0 aliphatic heterocycles. The van der Waals surface area contributed by atoms with Gasteiger partial charge in [-0.25, -0.2) is 19.4 Å². The maximum absolute atomic E-state index is 13.4. The molecule has 0 aliphatic carbocycles. The van der Waals surface area contributed by atoms with Gasteiger partial charge in [-0.3, -0.25) is 4.57 Å². The number of fused-ring (bicyclic) bond motifs is 1. The van der Waals surface area contributed by atoms with E-state index in [2.05, 4.69) is 30.6 Å². The van der Waals surface area contributed by atoms with E-state index >= 15 is 0 Å². The normalized spacial score (nSPS) is 11.8. The first-order chi connectivity index (χ1) is 15.1. The third kappa shape index (κ3) is 4.91. The van der Waals surface area contributed by atoms with Crippen LogP contribution in [0, 0.1) is 12.7 Å². The van der Waals surface area contributed by atoms with Crippen molar-refractivity contribution < 1.29 is 4.39 Å². The van der Waals surface area contributed by atoms with E-state index in [1.807, 2.05) is 55.2 Å². The number of aromatic amines is 1. The molecule has 0 atom stereocenters. The van der Waals surface area contributed by atoms with Gasteiger partial charge < -0.3 is 15.6 Å². The molecular formula is C23H26FN7. The number of nitrogens with zero attached hydrogens (tertiary/aromatic N) is 4. The van der Waals surface area contributed by atoms with Crippen molar-refractivity contribution in [1.82, 2.24) is 30.2 Å². The Kier molecular flexibility index (Phi) is 6.26. The lowest BCUT2D eigenvalue weighted by Gasteiger charge is -2.11. The number of hydrogen-bond donors (Lipinski definition) is 3. The van der Waals surface area contributed by atoms with Crippen molar-refractivity contribution in [2.75, 3.05) is 13.1 Å². The second-order valence-corrected chi connectivity index (χ2v) is 7.24. The fourth-order valence-corrected chi connectivity index (χ4v) is 3.47. The minimum absolute atomic E-state index is 0.233. The second kappa shape index (κ2) is 9.42. The lowest BCUT2D eigenvalue weighted by molar-refractivity contribution is 0.629. The lowest BCUT2D eigenvalue weighted by Crippen LogP contribution is -2.38. The van der Waals surface area contributed by atoms with Crippen LogP contribution in [0.5, 0.6) is 0 Å². The zero-order valence-electron chi connectivity index (χ0n) is 17.7. The van der Waals surface area contributed by atoms with Gasteiger partial charge in [-0.1, -0.05) is 6.07 Å². The van der Waals surface area contributed by atoms with Gasteiger partial charge in [0.25, 0.3) is 0 Å². The summed E-state index contributed by atoms with van der Waals surface area (Å²) in [6, 6.07) is 8.83. The molecule has 0 amide bonds. The molecule has 0 unspecified atom stereocenters. The summed E-state index contributed by atoms with van der Waals surface area (Å²) in [4.78, 5) is 16.5. The van der Waals surface area contributed by atoms with Gasteiger partial charge in [0, 0.05) is 48.8 Å². The van der Waals surface area contributed by atoms with Crippen LogP contribution in [0.25, 0.3) is 16.7 Å². The molecule has 0 fully saturated rings. The van der Waals surface area contributed by atoms with Gasteiger partial charge in [0.2, 0.25) is 0 Å². The van der Waals surface area contributed by atoms with Crippen LogP contribution in [-0.2, 0) is 13.0 Å². The van der Waals surface area contributed by atoms with Crippen molar-refractivity contribution in [2.45, 2.75) is 26.8 Å². The molecule has 0 spiro atoms. The van der Waals surface area contributed by atoms with Gasteiger partial charge >= 0.3 is 0 Å². The molecule has 0 saturated carbocycles. The first kappa shape index (κ1) is 20.6. The predicted octanol–water partition coefficient (Wildman–Crippen LogP) is 3.49. The van der Waals surface area contributed by atoms with Crippen molar-refractivity contribution in [1.29, 1.82) is 0 Å². The summed E-state index contributed by atoms with van der Waals surface area (Å²) in [6.45, 7) is 6.00. The maximum Gasteiger partial charge on any atom is 0.191 e. The van der Waals surface area contributed by atoms with Crippen molar-refractivity contribution in [3.8, 4) is 5.82 Å². The molecule has 8 heteroatoms. The molecule has 0 aliphatic rings. The maximum atomic E-state index is 13.4. The quantitative estimate of drug-likeness (QED) is 0.316. The van der Waals surface area contributed by atoms with Gasteiger partial charge in [-0.15, -0.1) is 0 Å². The number of benzene rings is 1. The fourth-order valence-electron chi connectivity index (χ4n) is 3.47. The molecule has 31 heavy (non-hydrogen) atoms. The number of guanidine groups is 1. The monoisotopic (exact) mass is 419 g/mol. The molecule has 3 aromatic heterocycles. The third-order valence-corrected chi connectivity index (χ3v) is 5.06. The average molecular weight is 420 g/mol. The third-order valence-electron chi connectivity index (χ3n) is 5.06. The molecule has 0 saturated heterocycles. The molecule has 3 heterocycles. The summed E-state index contributed by atoms with van der Waals surface area (Å²) in [5.41, 5.74) is 2.99. The van der Waals surface area contributed by atoms with E-state index in [-0.39, 0.29) is 5.82 Å². The number of pyridine rings is 1. The second-order valence-electron chi connectivity index (χ2n) is 7.24. The van der Waals surface area contributed by atoms with Gasteiger partial charge in [0.15, 0.2) is 5.96 Å². The molecule has 4 rings (SSSR count). The van der Waals surface area contributed by atoms with Crippen LogP contribution in [0.4, 0.5) is 4.39 Å². The predicted molar refractivity (Wildman–Crippen MR) is 121 cm³/mol. The van der Waals surface area contributed by atoms with Crippen LogP contribution in [0.2, 0.25) is 0 Å². The summed E-state index contributed by atoms with van der Waals surface area (Å²) in [7, 11) is 0. The number of H-pyrrole nitrogens is 1. The van der Waals surface area contributed by atoms with E-state index in [4.69, 9.17) is 0 Å². The van der Waals surface area contributed by atoms with E-state index in [0.29, 0.717) is 13.1 Å². The number of aryl methyl sites for hydroxylation is 1. The van der Waals surface area contributed by atoms with Crippen LogP contribution in [-0.4, -0.2) is 38.6 Å². The minimum Gasteiger partial charge on any atom is -0.361 e. The van der Waals surface area contributed by atoms with Crippen LogP contribution >= 0.6 is 0 Å². The highest BCUT2D eigenvalue weighted by atomic mass is 19.1. The van der Waals surface area contributed by atoms with Crippen LogP contribution < -0.4 is 10.6 Å². The van der Waals surface area contributed by atoms with Crippen molar-refractivity contribution in [2.24, 2.45) is 4.99 Å². The zero-order valence-corrected chi connectivity index (χ0v) is 17.7. The van der Waals surface area contributed by atoms with Crippen molar-refractivity contribution in [3.63, 3.8) is 0 Å². The zero-order chi connectivity index (χ0) is 21.6. The molecule has 4 aromatic rings. The van der Waals surface area contributed by atoms with Gasteiger partial charge in [-0.05, 0) is 55.7 Å². The first-order valence-corrected chi connectivity index (χ1v) is 10.4. The summed E-state index contributed by atoms with van der Waals surface area (Å²) >= 11 is 0. The van der Waals surface area contributed by atoms with Crippen LogP contribution in [0.1, 0.15) is 23.9 Å². The molecule has 0 radical (unpaired) electrons. The number of aromatic nitrogens is 4. The van der Waals surface area contributed by atoms with E-state index in [0.717, 1.165) is 52.6 Å². The van der Waals surface area contributed by atoms with Gasteiger partial charge in [0.05, 0.1) is 6.54 Å². The van der Waals surface area contributed by atoms with Crippen LogP contribution in [0.15, 0.2) is 60.1 Å². The Morgan fingerprint density at radius 3 is 2.84 bits per heavy atom. The number of imidazole rings is 1. The first-order valence-electron chi connectivity index (χ1n) is 10.4. The Hall–Kier alpha value is -3.68.